The van der Waals surface area contributed by atoms with Crippen LogP contribution in [0.4, 0.5) is 0 Å². The molecule has 0 aromatic carbocycles. The van der Waals surface area contributed by atoms with E-state index < -0.39 is 5.97 Å². The van der Waals surface area contributed by atoms with Gasteiger partial charge in [0.2, 0.25) is 0 Å². The van der Waals surface area contributed by atoms with E-state index in [2.05, 4.69) is 21.0 Å². The lowest BCUT2D eigenvalue weighted by Crippen LogP contribution is -2.20. The minimum atomic E-state index is -1.01. The van der Waals surface area contributed by atoms with Crippen molar-refractivity contribution in [1.29, 1.82) is 0 Å². The molecule has 1 aromatic heterocycles. The average molecular weight is 275 g/mol. The first-order valence-electron chi connectivity index (χ1n) is 4.74. The highest BCUT2D eigenvalue weighted by Gasteiger charge is 2.20. The number of carboxylic acids is 1. The van der Waals surface area contributed by atoms with E-state index in [9.17, 15) is 4.79 Å². The number of ether oxygens (including phenoxy) is 1. The van der Waals surface area contributed by atoms with E-state index >= 15 is 0 Å². The number of halogens is 1. The Morgan fingerprint density at radius 1 is 1.60 bits per heavy atom. The van der Waals surface area contributed by atoms with Crippen molar-refractivity contribution in [2.45, 2.75) is 18.9 Å². The average Bonchev–Trinajstić information content (AvgIpc) is 2.62. The van der Waals surface area contributed by atoms with E-state index in [-0.39, 0.29) is 11.7 Å². The summed E-state index contributed by atoms with van der Waals surface area (Å²) in [5.41, 5.74) is 0.0708. The highest BCUT2D eigenvalue weighted by molar-refractivity contribution is 9.10. The van der Waals surface area contributed by atoms with Crippen LogP contribution in [0.25, 0.3) is 0 Å². The fraction of sp³-hybridized carbons (Fsp3) is 0.556. The molecule has 0 amide bonds. The van der Waals surface area contributed by atoms with Crippen LogP contribution in [0, 0.1) is 0 Å². The zero-order valence-corrected chi connectivity index (χ0v) is 9.61. The number of hydrogen-bond acceptors (Lipinski definition) is 3. The molecule has 2 rings (SSSR count). The molecule has 5 nitrogen and oxygen atoms in total. The first kappa shape index (κ1) is 10.6. The van der Waals surface area contributed by atoms with Gasteiger partial charge in [-0.25, -0.2) is 4.79 Å². The Hall–Kier alpha value is -0.880. The molecule has 1 fully saturated rings. The number of carbonyl (C=O) groups is 1. The number of aromatic carboxylic acids is 1. The van der Waals surface area contributed by atoms with Crippen LogP contribution in [-0.4, -0.2) is 34.1 Å². The molecule has 1 saturated heterocycles. The van der Waals surface area contributed by atoms with Crippen LogP contribution in [0.1, 0.15) is 29.4 Å². The van der Waals surface area contributed by atoms with Crippen LogP contribution in [0.15, 0.2) is 10.7 Å². The molecule has 0 unspecified atom stereocenters. The van der Waals surface area contributed by atoms with Gasteiger partial charge in [-0.1, -0.05) is 0 Å². The van der Waals surface area contributed by atoms with Crippen LogP contribution in [0.2, 0.25) is 0 Å². The number of hydrogen-bond donors (Lipinski definition) is 1. The first-order chi connectivity index (χ1) is 7.18. The van der Waals surface area contributed by atoms with Gasteiger partial charge in [-0.15, -0.1) is 0 Å². The van der Waals surface area contributed by atoms with Gasteiger partial charge in [-0.3, -0.25) is 4.68 Å². The fourth-order valence-electron chi connectivity index (χ4n) is 1.65. The molecular weight excluding hydrogens is 264 g/mol. The van der Waals surface area contributed by atoms with E-state index in [1.54, 1.807) is 10.9 Å². The third-order valence-corrected chi connectivity index (χ3v) is 3.04. The summed E-state index contributed by atoms with van der Waals surface area (Å²) in [5, 5.41) is 12.9. The molecular formula is C9H11BrN2O3. The molecule has 0 radical (unpaired) electrons. The van der Waals surface area contributed by atoms with Crippen LogP contribution in [0.5, 0.6) is 0 Å². The summed E-state index contributed by atoms with van der Waals surface area (Å²) in [6.07, 6.45) is 3.49. The first-order valence-corrected chi connectivity index (χ1v) is 5.53. The molecule has 0 spiro atoms. The molecule has 6 heteroatoms. The lowest BCUT2D eigenvalue weighted by atomic mass is 10.1. The number of carboxylic acid groups (broad SMARTS) is 1. The van der Waals surface area contributed by atoms with E-state index in [4.69, 9.17) is 9.84 Å². The lowest BCUT2D eigenvalue weighted by molar-refractivity contribution is 0.0645. The van der Waals surface area contributed by atoms with Crippen LogP contribution in [-0.2, 0) is 4.74 Å². The van der Waals surface area contributed by atoms with E-state index in [0.717, 1.165) is 12.8 Å². The van der Waals surface area contributed by atoms with Gasteiger partial charge < -0.3 is 9.84 Å². The highest BCUT2D eigenvalue weighted by Crippen LogP contribution is 2.23. The maximum atomic E-state index is 10.8. The van der Waals surface area contributed by atoms with Crippen molar-refractivity contribution in [3.05, 3.63) is 16.4 Å². The highest BCUT2D eigenvalue weighted by atomic mass is 79.9. The molecule has 0 bridgehead atoms. The predicted octanol–water partition coefficient (Wildman–Crippen LogP) is 1.70. The molecule has 1 N–H and O–H groups in total. The molecule has 15 heavy (non-hydrogen) atoms. The summed E-state index contributed by atoms with van der Waals surface area (Å²) < 4.78 is 7.48. The number of nitrogens with zero attached hydrogens (tertiary/aromatic N) is 2. The van der Waals surface area contributed by atoms with Crippen molar-refractivity contribution in [2.24, 2.45) is 0 Å². The van der Waals surface area contributed by atoms with Gasteiger partial charge in [0.15, 0.2) is 5.69 Å². The van der Waals surface area contributed by atoms with Gasteiger partial charge in [0, 0.05) is 19.4 Å². The third-order valence-electron chi connectivity index (χ3n) is 2.45. The Labute approximate surface area is 95.2 Å². The molecule has 1 aromatic rings. The van der Waals surface area contributed by atoms with Gasteiger partial charge in [-0.2, -0.15) is 5.10 Å². The van der Waals surface area contributed by atoms with E-state index in [0.29, 0.717) is 17.7 Å². The summed E-state index contributed by atoms with van der Waals surface area (Å²) in [7, 11) is 0. The Balaban J connectivity index is 2.21. The van der Waals surface area contributed by atoms with Gasteiger partial charge in [-0.05, 0) is 28.8 Å². The maximum absolute atomic E-state index is 10.8. The monoisotopic (exact) mass is 274 g/mol. The predicted molar refractivity (Wildman–Crippen MR) is 56.0 cm³/mol. The normalized spacial score (nSPS) is 17.9. The van der Waals surface area contributed by atoms with Gasteiger partial charge in [0.1, 0.15) is 0 Å². The smallest absolute Gasteiger partial charge is 0.357 e. The maximum Gasteiger partial charge on any atom is 0.357 e. The quantitative estimate of drug-likeness (QED) is 0.892. The molecule has 0 aliphatic carbocycles. The molecule has 2 heterocycles. The molecule has 0 atom stereocenters. The lowest BCUT2D eigenvalue weighted by Gasteiger charge is -2.22. The standard InChI is InChI=1S/C9H11BrN2O3/c10-7-5-12(11-8(7)9(13)14)6-1-3-15-4-2-6/h5-6H,1-4H2,(H,13,14). The van der Waals surface area contributed by atoms with Gasteiger partial charge >= 0.3 is 5.97 Å². The molecule has 82 valence electrons. The second-order valence-electron chi connectivity index (χ2n) is 3.45. The SMILES string of the molecule is O=C(O)c1nn(C2CCOCC2)cc1Br. The second-order valence-corrected chi connectivity index (χ2v) is 4.31. The van der Waals surface area contributed by atoms with Gasteiger partial charge in [0.25, 0.3) is 0 Å². The third kappa shape index (κ3) is 2.21. The Kier molecular flexibility index (Phi) is 3.06. The molecule has 1 aliphatic heterocycles. The van der Waals surface area contributed by atoms with Crippen LogP contribution in [0.3, 0.4) is 0 Å². The van der Waals surface area contributed by atoms with E-state index in [1.165, 1.54) is 0 Å². The number of aromatic nitrogens is 2. The Bertz CT molecular complexity index is 371. The van der Waals surface area contributed by atoms with E-state index in [1.807, 2.05) is 0 Å². The van der Waals surface area contributed by atoms with Gasteiger partial charge in [0.05, 0.1) is 10.5 Å². The summed E-state index contributed by atoms with van der Waals surface area (Å²) in [4.78, 5) is 10.8. The van der Waals surface area contributed by atoms with Crippen molar-refractivity contribution in [1.82, 2.24) is 9.78 Å². The topological polar surface area (TPSA) is 64.3 Å². The minimum absolute atomic E-state index is 0.0708. The van der Waals surface area contributed by atoms with Crippen molar-refractivity contribution in [2.75, 3.05) is 13.2 Å². The zero-order valence-electron chi connectivity index (χ0n) is 8.02. The van der Waals surface area contributed by atoms with Crippen LogP contribution >= 0.6 is 15.9 Å². The summed E-state index contributed by atoms with van der Waals surface area (Å²) in [6, 6.07) is 0.253. The second kappa shape index (κ2) is 4.32. The van der Waals surface area contributed by atoms with Crippen molar-refractivity contribution in [3.63, 3.8) is 0 Å². The fourth-order valence-corrected chi connectivity index (χ4v) is 2.11. The van der Waals surface area contributed by atoms with Crippen molar-refractivity contribution in [3.8, 4) is 0 Å². The minimum Gasteiger partial charge on any atom is -0.476 e. The van der Waals surface area contributed by atoms with Crippen LogP contribution < -0.4 is 0 Å². The molecule has 0 saturated carbocycles. The Morgan fingerprint density at radius 3 is 2.80 bits per heavy atom. The Morgan fingerprint density at radius 2 is 2.27 bits per heavy atom. The summed E-state index contributed by atoms with van der Waals surface area (Å²) >= 11 is 3.19. The molecule has 1 aliphatic rings. The largest absolute Gasteiger partial charge is 0.476 e. The zero-order chi connectivity index (χ0) is 10.8. The summed E-state index contributed by atoms with van der Waals surface area (Å²) in [5.74, 6) is -1.01. The van der Waals surface area contributed by atoms with Crippen molar-refractivity contribution >= 4 is 21.9 Å². The summed E-state index contributed by atoms with van der Waals surface area (Å²) in [6.45, 7) is 1.43. The van der Waals surface area contributed by atoms with Crippen molar-refractivity contribution < 1.29 is 14.6 Å². The number of rotatable bonds is 2.